The van der Waals surface area contributed by atoms with Crippen LogP contribution in [0.15, 0.2) is 36.4 Å². The normalized spacial score (nSPS) is 12.0. The van der Waals surface area contributed by atoms with Crippen LogP contribution in [0.5, 0.6) is 0 Å². The molecule has 27 heavy (non-hydrogen) atoms. The topological polar surface area (TPSA) is 98.5 Å². The summed E-state index contributed by atoms with van der Waals surface area (Å²) in [5.74, 6) is -0.908. The molecular weight excluding hydrogens is 346 g/mol. The highest BCUT2D eigenvalue weighted by atomic mass is 16.5. The number of aryl methyl sites for hydroxylation is 2. The van der Waals surface area contributed by atoms with Crippen LogP contribution in [0.3, 0.4) is 0 Å². The van der Waals surface area contributed by atoms with E-state index in [1.807, 2.05) is 50.2 Å². The number of hydrogen-bond donors (Lipinski definition) is 1. The van der Waals surface area contributed by atoms with Crippen LogP contribution in [0, 0.1) is 13.8 Å². The molecule has 3 rings (SSSR count). The zero-order valence-electron chi connectivity index (χ0n) is 15.5. The first-order chi connectivity index (χ1) is 13.0. The summed E-state index contributed by atoms with van der Waals surface area (Å²) in [5.41, 5.74) is 2.54. The number of hydrogen-bond acceptors (Lipinski definition) is 6. The van der Waals surface area contributed by atoms with Gasteiger partial charge in [-0.3, -0.25) is 4.79 Å². The van der Waals surface area contributed by atoms with Crippen molar-refractivity contribution in [2.24, 2.45) is 0 Å². The number of ether oxygens (including phenoxy) is 1. The monoisotopic (exact) mass is 367 g/mol. The Hall–Kier alpha value is -3.29. The van der Waals surface area contributed by atoms with E-state index in [0.717, 1.165) is 17.0 Å². The second-order valence-corrected chi connectivity index (χ2v) is 6.19. The number of benzene rings is 1. The summed E-state index contributed by atoms with van der Waals surface area (Å²) in [6.45, 7) is 5.82. The molecule has 0 aliphatic carbocycles. The number of nitrogens with zero attached hydrogens (tertiary/aromatic N) is 4. The highest BCUT2D eigenvalue weighted by Gasteiger charge is 2.24. The third-order valence-electron chi connectivity index (χ3n) is 4.02. The summed E-state index contributed by atoms with van der Waals surface area (Å²) in [4.78, 5) is 33.1. The smallest absolute Gasteiger partial charge is 0.379 e. The molecule has 2 heterocycles. The molecule has 8 nitrogen and oxygen atoms in total. The van der Waals surface area contributed by atoms with Gasteiger partial charge in [0.15, 0.2) is 6.10 Å². The van der Waals surface area contributed by atoms with Crippen molar-refractivity contribution in [1.82, 2.24) is 24.9 Å². The summed E-state index contributed by atoms with van der Waals surface area (Å²) < 4.78 is 6.79. The van der Waals surface area contributed by atoms with Crippen LogP contribution in [0.4, 0.5) is 0 Å². The van der Waals surface area contributed by atoms with Crippen molar-refractivity contribution in [1.29, 1.82) is 0 Å². The van der Waals surface area contributed by atoms with Gasteiger partial charge in [0.2, 0.25) is 0 Å². The fraction of sp³-hybridized carbons (Fsp3) is 0.316. The van der Waals surface area contributed by atoms with Crippen LogP contribution >= 0.6 is 0 Å². The maximum Gasteiger partial charge on any atom is 0.379 e. The first-order valence-electron chi connectivity index (χ1n) is 8.71. The van der Waals surface area contributed by atoms with Crippen molar-refractivity contribution >= 4 is 17.7 Å². The number of carbonyl (C=O) groups excluding carboxylic acids is 2. The molecule has 140 valence electrons. The van der Waals surface area contributed by atoms with E-state index >= 15 is 0 Å². The van der Waals surface area contributed by atoms with E-state index in [1.54, 1.807) is 6.92 Å². The van der Waals surface area contributed by atoms with Crippen LogP contribution in [0.2, 0.25) is 0 Å². The van der Waals surface area contributed by atoms with Gasteiger partial charge in [-0.1, -0.05) is 37.3 Å². The average Bonchev–Trinajstić information content (AvgIpc) is 3.09. The second kappa shape index (κ2) is 7.94. The maximum absolute atomic E-state index is 12.4. The van der Waals surface area contributed by atoms with Gasteiger partial charge in [-0.25, -0.2) is 14.3 Å². The molecule has 0 spiro atoms. The molecule has 1 atom stereocenters. The Kier molecular flexibility index (Phi) is 5.44. The van der Waals surface area contributed by atoms with Gasteiger partial charge < -0.3 is 10.1 Å². The highest BCUT2D eigenvalue weighted by molar-refractivity contribution is 5.89. The quantitative estimate of drug-likeness (QED) is 0.669. The highest BCUT2D eigenvalue weighted by Crippen LogP contribution is 2.09. The SMILES string of the molecule is CCC(OC(=O)c1nc2nc(C)cc(C)n2n1)C(=O)NCc1ccccc1. The predicted octanol–water partition coefficient (Wildman–Crippen LogP) is 1.99. The molecule has 3 aromatic rings. The molecule has 0 bridgehead atoms. The van der Waals surface area contributed by atoms with E-state index in [1.165, 1.54) is 4.52 Å². The van der Waals surface area contributed by atoms with Crippen LogP contribution in [-0.4, -0.2) is 37.6 Å². The number of carbonyl (C=O) groups is 2. The number of esters is 1. The van der Waals surface area contributed by atoms with Crippen molar-refractivity contribution in [3.63, 3.8) is 0 Å². The van der Waals surface area contributed by atoms with E-state index in [2.05, 4.69) is 20.4 Å². The standard InChI is InChI=1S/C19H21N5O3/c1-4-15(17(25)20-11-14-8-6-5-7-9-14)27-18(26)16-22-19-21-12(2)10-13(3)24(19)23-16/h5-10,15H,4,11H2,1-3H3,(H,20,25). The molecule has 0 fully saturated rings. The van der Waals surface area contributed by atoms with E-state index < -0.39 is 12.1 Å². The maximum atomic E-state index is 12.4. The Morgan fingerprint density at radius 1 is 1.19 bits per heavy atom. The van der Waals surface area contributed by atoms with Crippen LogP contribution in [0.25, 0.3) is 5.78 Å². The minimum absolute atomic E-state index is 0.120. The van der Waals surface area contributed by atoms with Gasteiger partial charge >= 0.3 is 5.97 Å². The molecule has 0 saturated heterocycles. The van der Waals surface area contributed by atoms with Crippen LogP contribution in [0.1, 0.15) is 40.9 Å². The minimum atomic E-state index is -0.913. The molecule has 8 heteroatoms. The molecule has 1 aromatic carbocycles. The lowest BCUT2D eigenvalue weighted by atomic mass is 10.2. The predicted molar refractivity (Wildman–Crippen MR) is 98.0 cm³/mol. The van der Waals surface area contributed by atoms with E-state index in [0.29, 0.717) is 18.7 Å². The molecule has 0 aliphatic heterocycles. The first kappa shape index (κ1) is 18.5. The second-order valence-electron chi connectivity index (χ2n) is 6.19. The molecule has 1 amide bonds. The van der Waals surface area contributed by atoms with Crippen LogP contribution < -0.4 is 5.32 Å². The van der Waals surface area contributed by atoms with E-state index in [-0.39, 0.29) is 11.7 Å². The third-order valence-corrected chi connectivity index (χ3v) is 4.02. The van der Waals surface area contributed by atoms with Gasteiger partial charge in [0.1, 0.15) is 0 Å². The van der Waals surface area contributed by atoms with Crippen LogP contribution in [-0.2, 0) is 16.1 Å². The van der Waals surface area contributed by atoms with E-state index in [9.17, 15) is 9.59 Å². The summed E-state index contributed by atoms with van der Waals surface area (Å²) >= 11 is 0. The molecular formula is C19H21N5O3. The lowest BCUT2D eigenvalue weighted by molar-refractivity contribution is -0.130. The molecule has 1 unspecified atom stereocenters. The Balaban J connectivity index is 1.67. The largest absolute Gasteiger partial charge is 0.446 e. The molecule has 0 saturated carbocycles. The average molecular weight is 367 g/mol. The molecule has 0 aliphatic rings. The van der Waals surface area contributed by atoms with Crippen molar-refractivity contribution in [2.45, 2.75) is 39.8 Å². The molecule has 0 radical (unpaired) electrons. The molecule has 1 N–H and O–H groups in total. The third kappa shape index (κ3) is 4.28. The number of aromatic nitrogens is 4. The van der Waals surface area contributed by atoms with Gasteiger partial charge in [0.25, 0.3) is 17.5 Å². The summed E-state index contributed by atoms with van der Waals surface area (Å²) in [6.07, 6.45) is -0.570. The van der Waals surface area contributed by atoms with Gasteiger partial charge in [0, 0.05) is 17.9 Å². The lowest BCUT2D eigenvalue weighted by Crippen LogP contribution is -2.37. The van der Waals surface area contributed by atoms with Crippen molar-refractivity contribution < 1.29 is 14.3 Å². The van der Waals surface area contributed by atoms with Crippen molar-refractivity contribution in [2.75, 3.05) is 0 Å². The Morgan fingerprint density at radius 3 is 2.63 bits per heavy atom. The summed E-state index contributed by atoms with van der Waals surface area (Å²) in [5, 5.41) is 6.91. The fourth-order valence-electron chi connectivity index (χ4n) is 2.66. The zero-order valence-corrected chi connectivity index (χ0v) is 15.5. The van der Waals surface area contributed by atoms with Crippen molar-refractivity contribution in [3.8, 4) is 0 Å². The molecule has 2 aromatic heterocycles. The number of amides is 1. The van der Waals surface area contributed by atoms with E-state index in [4.69, 9.17) is 4.74 Å². The lowest BCUT2D eigenvalue weighted by Gasteiger charge is -2.15. The Bertz CT molecular complexity index is 968. The Morgan fingerprint density at radius 2 is 1.93 bits per heavy atom. The number of nitrogens with one attached hydrogen (secondary N) is 1. The number of fused-ring (bicyclic) bond motifs is 1. The zero-order chi connectivity index (χ0) is 19.4. The summed E-state index contributed by atoms with van der Waals surface area (Å²) in [7, 11) is 0. The van der Waals surface area contributed by atoms with Gasteiger partial charge in [-0.2, -0.15) is 4.98 Å². The number of rotatable bonds is 6. The fourth-order valence-corrected chi connectivity index (χ4v) is 2.66. The van der Waals surface area contributed by atoms with Crippen molar-refractivity contribution in [3.05, 3.63) is 59.2 Å². The first-order valence-corrected chi connectivity index (χ1v) is 8.71. The van der Waals surface area contributed by atoms with Gasteiger partial charge in [-0.05, 0) is 31.9 Å². The summed E-state index contributed by atoms with van der Waals surface area (Å²) in [6, 6.07) is 11.3. The minimum Gasteiger partial charge on any atom is -0.446 e. The Labute approximate surface area is 156 Å². The van der Waals surface area contributed by atoms with Gasteiger partial charge in [-0.15, -0.1) is 5.10 Å². The van der Waals surface area contributed by atoms with Gasteiger partial charge in [0.05, 0.1) is 0 Å².